The Morgan fingerprint density at radius 3 is 2.74 bits per heavy atom. The van der Waals surface area contributed by atoms with Gasteiger partial charge in [0.15, 0.2) is 0 Å². The number of ether oxygens (including phenoxy) is 1. The van der Waals surface area contributed by atoms with Gasteiger partial charge in [-0.1, -0.05) is 0 Å². The van der Waals surface area contributed by atoms with E-state index in [-0.39, 0.29) is 5.56 Å². The van der Waals surface area contributed by atoms with E-state index in [0.717, 1.165) is 0 Å². The Labute approximate surface area is 111 Å². The van der Waals surface area contributed by atoms with Crippen LogP contribution in [-0.4, -0.2) is 53.5 Å². The molecule has 0 aliphatic carbocycles. The average Bonchev–Trinajstić information content (AvgIpc) is 2.77. The van der Waals surface area contributed by atoms with Crippen LogP contribution in [0.1, 0.15) is 29.0 Å². The van der Waals surface area contributed by atoms with E-state index in [1.165, 1.54) is 12.3 Å². The quantitative estimate of drug-likeness (QED) is 0.828. The van der Waals surface area contributed by atoms with E-state index < -0.39 is 11.6 Å². The summed E-state index contributed by atoms with van der Waals surface area (Å²) in [5.74, 6) is -0.420. The van der Waals surface area contributed by atoms with Gasteiger partial charge in [0.2, 0.25) is 0 Å². The SMILES string of the molecule is CN(Cc1cc(C(=O)O)co1)CC1(O)CCOCC1. The van der Waals surface area contributed by atoms with Gasteiger partial charge in [-0.05, 0) is 13.1 Å². The molecule has 1 fully saturated rings. The maximum atomic E-state index is 10.7. The third-order valence-electron chi connectivity index (χ3n) is 3.31. The van der Waals surface area contributed by atoms with Gasteiger partial charge >= 0.3 is 5.97 Å². The smallest absolute Gasteiger partial charge is 0.338 e. The molecule has 0 aromatic carbocycles. The molecule has 1 aliphatic heterocycles. The number of furan rings is 1. The number of carbonyl (C=O) groups is 1. The van der Waals surface area contributed by atoms with Crippen molar-refractivity contribution in [3.63, 3.8) is 0 Å². The first-order valence-electron chi connectivity index (χ1n) is 6.28. The van der Waals surface area contributed by atoms with E-state index in [0.29, 0.717) is 44.9 Å². The van der Waals surface area contributed by atoms with Crippen LogP contribution < -0.4 is 0 Å². The fourth-order valence-corrected chi connectivity index (χ4v) is 2.31. The maximum Gasteiger partial charge on any atom is 0.338 e. The molecule has 0 atom stereocenters. The molecule has 0 saturated carbocycles. The summed E-state index contributed by atoms with van der Waals surface area (Å²) in [5.41, 5.74) is -0.581. The summed E-state index contributed by atoms with van der Waals surface area (Å²) in [4.78, 5) is 12.7. The number of aliphatic hydroxyl groups is 1. The number of carboxylic acid groups (broad SMARTS) is 1. The van der Waals surface area contributed by atoms with Gasteiger partial charge in [-0.3, -0.25) is 4.90 Å². The highest BCUT2D eigenvalue weighted by molar-refractivity contribution is 5.87. The lowest BCUT2D eigenvalue weighted by Gasteiger charge is -2.35. The first-order chi connectivity index (χ1) is 8.98. The Balaban J connectivity index is 1.89. The molecule has 0 amide bonds. The van der Waals surface area contributed by atoms with Crippen molar-refractivity contribution in [1.82, 2.24) is 4.90 Å². The Morgan fingerprint density at radius 2 is 2.16 bits per heavy atom. The number of aromatic carboxylic acids is 1. The van der Waals surface area contributed by atoms with Crippen molar-refractivity contribution in [2.24, 2.45) is 0 Å². The molecule has 1 aromatic heterocycles. The molecule has 2 N–H and O–H groups in total. The van der Waals surface area contributed by atoms with E-state index in [2.05, 4.69) is 0 Å². The predicted octanol–water partition coefficient (Wildman–Crippen LogP) is 0.951. The van der Waals surface area contributed by atoms with Gasteiger partial charge < -0.3 is 19.4 Å². The van der Waals surface area contributed by atoms with Crippen molar-refractivity contribution in [2.45, 2.75) is 25.0 Å². The number of carboxylic acids is 1. The van der Waals surface area contributed by atoms with Crippen LogP contribution in [-0.2, 0) is 11.3 Å². The van der Waals surface area contributed by atoms with Crippen molar-refractivity contribution < 1.29 is 24.2 Å². The number of likely N-dealkylation sites (N-methyl/N-ethyl adjacent to an activating group) is 1. The number of hydrogen-bond donors (Lipinski definition) is 2. The molecule has 6 heteroatoms. The molecule has 1 aromatic rings. The minimum absolute atomic E-state index is 0.146. The molecule has 2 rings (SSSR count). The molecule has 1 aliphatic rings. The normalized spacial score (nSPS) is 18.7. The second-order valence-corrected chi connectivity index (χ2v) is 5.12. The van der Waals surface area contributed by atoms with E-state index in [4.69, 9.17) is 14.3 Å². The van der Waals surface area contributed by atoms with Gasteiger partial charge in [-0.15, -0.1) is 0 Å². The molecule has 106 valence electrons. The second-order valence-electron chi connectivity index (χ2n) is 5.12. The summed E-state index contributed by atoms with van der Waals surface area (Å²) in [6.07, 6.45) is 2.47. The molecule has 0 radical (unpaired) electrons. The highest BCUT2D eigenvalue weighted by Gasteiger charge is 2.31. The summed E-state index contributed by atoms with van der Waals surface area (Å²) >= 11 is 0. The Morgan fingerprint density at radius 1 is 1.47 bits per heavy atom. The third kappa shape index (κ3) is 3.79. The molecule has 6 nitrogen and oxygen atoms in total. The molecule has 0 bridgehead atoms. The summed E-state index contributed by atoms with van der Waals surface area (Å²) in [7, 11) is 1.87. The zero-order valence-electron chi connectivity index (χ0n) is 11.0. The maximum absolute atomic E-state index is 10.7. The Hall–Kier alpha value is -1.37. The van der Waals surface area contributed by atoms with Gasteiger partial charge in [0.05, 0.1) is 17.7 Å². The van der Waals surface area contributed by atoms with Crippen molar-refractivity contribution in [2.75, 3.05) is 26.8 Å². The number of nitrogens with zero attached hydrogens (tertiary/aromatic N) is 1. The lowest BCUT2D eigenvalue weighted by Crippen LogP contribution is -2.45. The topological polar surface area (TPSA) is 83.1 Å². The molecule has 0 unspecified atom stereocenters. The Bertz CT molecular complexity index is 436. The Kier molecular flexibility index (Phi) is 4.24. The third-order valence-corrected chi connectivity index (χ3v) is 3.31. The zero-order chi connectivity index (χ0) is 13.9. The summed E-state index contributed by atoms with van der Waals surface area (Å²) in [5, 5.41) is 19.2. The van der Waals surface area contributed by atoms with E-state index in [1.807, 2.05) is 11.9 Å². The lowest BCUT2D eigenvalue weighted by molar-refractivity contribution is -0.0782. The van der Waals surface area contributed by atoms with Gasteiger partial charge in [-0.2, -0.15) is 0 Å². The van der Waals surface area contributed by atoms with Crippen molar-refractivity contribution in [3.05, 3.63) is 23.7 Å². The van der Waals surface area contributed by atoms with Crippen LogP contribution in [0, 0.1) is 0 Å². The molecule has 1 saturated heterocycles. The molecular weight excluding hydrogens is 250 g/mol. The van der Waals surface area contributed by atoms with E-state index in [1.54, 1.807) is 0 Å². The van der Waals surface area contributed by atoms with Crippen LogP contribution in [0.25, 0.3) is 0 Å². The van der Waals surface area contributed by atoms with Crippen LogP contribution in [0.15, 0.2) is 16.7 Å². The molecule has 0 spiro atoms. The standard InChI is InChI=1S/C13H19NO5/c1-14(9-13(17)2-4-18-5-3-13)7-11-6-10(8-19-11)12(15)16/h6,8,17H,2-5,7,9H2,1H3,(H,15,16). The van der Waals surface area contributed by atoms with Gasteiger partial charge in [0.1, 0.15) is 12.0 Å². The van der Waals surface area contributed by atoms with Gasteiger partial charge in [-0.25, -0.2) is 4.79 Å². The van der Waals surface area contributed by atoms with Crippen molar-refractivity contribution in [3.8, 4) is 0 Å². The molecule has 2 heterocycles. The monoisotopic (exact) mass is 269 g/mol. The highest BCUT2D eigenvalue weighted by Crippen LogP contribution is 2.22. The summed E-state index contributed by atoms with van der Waals surface area (Å²) in [6, 6.07) is 1.51. The summed E-state index contributed by atoms with van der Waals surface area (Å²) < 4.78 is 10.4. The van der Waals surface area contributed by atoms with Gasteiger partial charge in [0.25, 0.3) is 0 Å². The first kappa shape index (κ1) is 14.0. The fourth-order valence-electron chi connectivity index (χ4n) is 2.31. The molecule has 19 heavy (non-hydrogen) atoms. The predicted molar refractivity (Wildman–Crippen MR) is 67.0 cm³/mol. The average molecular weight is 269 g/mol. The van der Waals surface area contributed by atoms with Crippen LogP contribution in [0.2, 0.25) is 0 Å². The minimum Gasteiger partial charge on any atom is -0.478 e. The van der Waals surface area contributed by atoms with Gasteiger partial charge in [0, 0.05) is 32.6 Å². The highest BCUT2D eigenvalue weighted by atomic mass is 16.5. The van der Waals surface area contributed by atoms with Crippen molar-refractivity contribution >= 4 is 5.97 Å². The largest absolute Gasteiger partial charge is 0.478 e. The summed E-state index contributed by atoms with van der Waals surface area (Å²) in [6.45, 7) is 2.14. The van der Waals surface area contributed by atoms with Crippen LogP contribution in [0.4, 0.5) is 0 Å². The van der Waals surface area contributed by atoms with E-state index >= 15 is 0 Å². The van der Waals surface area contributed by atoms with Crippen LogP contribution in [0.5, 0.6) is 0 Å². The minimum atomic E-state index is -0.999. The number of hydrogen-bond acceptors (Lipinski definition) is 5. The second kappa shape index (κ2) is 5.73. The fraction of sp³-hybridized carbons (Fsp3) is 0.615. The zero-order valence-corrected chi connectivity index (χ0v) is 11.0. The van der Waals surface area contributed by atoms with Crippen molar-refractivity contribution in [1.29, 1.82) is 0 Å². The van der Waals surface area contributed by atoms with E-state index in [9.17, 15) is 9.90 Å². The molecular formula is C13H19NO5. The van der Waals surface area contributed by atoms with Crippen LogP contribution in [0.3, 0.4) is 0 Å². The van der Waals surface area contributed by atoms with Crippen LogP contribution >= 0.6 is 0 Å². The lowest BCUT2D eigenvalue weighted by atomic mass is 9.94. The number of rotatable bonds is 5. The first-order valence-corrected chi connectivity index (χ1v) is 6.28.